The molecule has 0 fully saturated rings. The quantitative estimate of drug-likeness (QED) is 0.793. The maximum absolute atomic E-state index is 6.55. The van der Waals surface area contributed by atoms with E-state index in [1.165, 1.54) is 5.39 Å². The molecule has 3 aromatic rings. The summed E-state index contributed by atoms with van der Waals surface area (Å²) in [4.78, 5) is 0. The maximum Gasteiger partial charge on any atom is 0.124 e. The predicted octanol–water partition coefficient (Wildman–Crippen LogP) is 3.91. The molecule has 3 nitrogen and oxygen atoms in total. The van der Waals surface area contributed by atoms with Gasteiger partial charge in [0.1, 0.15) is 11.5 Å². The van der Waals surface area contributed by atoms with Crippen LogP contribution in [0.4, 0.5) is 0 Å². The van der Waals surface area contributed by atoms with Crippen LogP contribution in [0.15, 0.2) is 60.7 Å². The Morgan fingerprint density at radius 2 is 1.59 bits per heavy atom. The first-order chi connectivity index (χ1) is 10.7. The molecule has 0 aliphatic heterocycles. The van der Waals surface area contributed by atoms with E-state index in [-0.39, 0.29) is 6.04 Å². The van der Waals surface area contributed by atoms with Crippen LogP contribution in [0.1, 0.15) is 17.2 Å². The Labute approximate surface area is 130 Å². The summed E-state index contributed by atoms with van der Waals surface area (Å²) in [5, 5.41) is 2.33. The van der Waals surface area contributed by atoms with Crippen LogP contribution in [0.25, 0.3) is 10.8 Å². The molecule has 0 spiro atoms. The van der Waals surface area contributed by atoms with Crippen molar-refractivity contribution in [2.75, 3.05) is 14.2 Å². The Balaban J connectivity index is 2.15. The maximum atomic E-state index is 6.55. The van der Waals surface area contributed by atoms with Crippen molar-refractivity contribution in [3.8, 4) is 11.5 Å². The molecule has 3 rings (SSSR count). The highest BCUT2D eigenvalue weighted by Gasteiger charge is 2.17. The van der Waals surface area contributed by atoms with E-state index >= 15 is 0 Å². The summed E-state index contributed by atoms with van der Waals surface area (Å²) in [7, 11) is 3.30. The lowest BCUT2D eigenvalue weighted by atomic mass is 9.93. The second-order valence-electron chi connectivity index (χ2n) is 5.15. The molecule has 1 atom stereocenters. The summed E-state index contributed by atoms with van der Waals surface area (Å²) in [5.41, 5.74) is 8.54. The molecular formula is C19H19NO2. The average Bonchev–Trinajstić information content (AvgIpc) is 2.60. The van der Waals surface area contributed by atoms with Gasteiger partial charge in [-0.05, 0) is 34.5 Å². The van der Waals surface area contributed by atoms with Gasteiger partial charge in [0, 0.05) is 5.56 Å². The molecule has 0 aromatic heterocycles. The minimum absolute atomic E-state index is 0.281. The molecule has 3 aromatic carbocycles. The first-order valence-electron chi connectivity index (χ1n) is 7.19. The van der Waals surface area contributed by atoms with Crippen molar-refractivity contribution in [2.45, 2.75) is 6.04 Å². The summed E-state index contributed by atoms with van der Waals surface area (Å²) in [6.07, 6.45) is 0. The van der Waals surface area contributed by atoms with E-state index < -0.39 is 0 Å². The zero-order valence-corrected chi connectivity index (χ0v) is 12.7. The van der Waals surface area contributed by atoms with Gasteiger partial charge in [-0.25, -0.2) is 0 Å². The van der Waals surface area contributed by atoms with E-state index in [4.69, 9.17) is 15.2 Å². The molecular weight excluding hydrogens is 274 g/mol. The fourth-order valence-electron chi connectivity index (χ4n) is 2.77. The third kappa shape index (κ3) is 2.51. The Morgan fingerprint density at radius 1 is 0.818 bits per heavy atom. The van der Waals surface area contributed by atoms with E-state index in [9.17, 15) is 0 Å². The molecule has 0 saturated carbocycles. The fourth-order valence-corrected chi connectivity index (χ4v) is 2.77. The second kappa shape index (κ2) is 6.08. The number of fused-ring (bicyclic) bond motifs is 1. The first kappa shape index (κ1) is 14.4. The standard InChI is InChI=1S/C19H19NO2/c1-21-14-10-11-18(22-2)17(12-14)19(20)16-9-5-7-13-6-3-4-8-15(13)16/h3-12,19H,20H2,1-2H3. The van der Waals surface area contributed by atoms with Gasteiger partial charge in [0.2, 0.25) is 0 Å². The van der Waals surface area contributed by atoms with Gasteiger partial charge in [0.25, 0.3) is 0 Å². The van der Waals surface area contributed by atoms with Gasteiger partial charge in [-0.1, -0.05) is 42.5 Å². The topological polar surface area (TPSA) is 44.5 Å². The van der Waals surface area contributed by atoms with Crippen LogP contribution in [0.2, 0.25) is 0 Å². The van der Waals surface area contributed by atoms with Crippen molar-refractivity contribution in [2.24, 2.45) is 5.73 Å². The molecule has 0 saturated heterocycles. The number of benzene rings is 3. The zero-order valence-electron chi connectivity index (χ0n) is 12.7. The molecule has 0 heterocycles. The van der Waals surface area contributed by atoms with Crippen molar-refractivity contribution in [1.82, 2.24) is 0 Å². The minimum atomic E-state index is -0.281. The molecule has 112 valence electrons. The Kier molecular flexibility index (Phi) is 3.98. The summed E-state index contributed by atoms with van der Waals surface area (Å²) in [5.74, 6) is 1.53. The molecule has 0 amide bonds. The van der Waals surface area contributed by atoms with Crippen LogP contribution in [0, 0.1) is 0 Å². The highest BCUT2D eigenvalue weighted by molar-refractivity contribution is 5.86. The molecule has 22 heavy (non-hydrogen) atoms. The van der Waals surface area contributed by atoms with Crippen molar-refractivity contribution in [3.05, 3.63) is 71.8 Å². The van der Waals surface area contributed by atoms with Crippen LogP contribution in [-0.4, -0.2) is 14.2 Å². The molecule has 0 aliphatic rings. The van der Waals surface area contributed by atoms with Gasteiger partial charge in [0.15, 0.2) is 0 Å². The van der Waals surface area contributed by atoms with E-state index in [0.29, 0.717) is 0 Å². The van der Waals surface area contributed by atoms with E-state index in [0.717, 1.165) is 28.0 Å². The van der Waals surface area contributed by atoms with Crippen molar-refractivity contribution in [3.63, 3.8) is 0 Å². The average molecular weight is 293 g/mol. The summed E-state index contributed by atoms with van der Waals surface area (Å²) in [6, 6.07) is 19.8. The zero-order chi connectivity index (χ0) is 15.5. The van der Waals surface area contributed by atoms with Crippen molar-refractivity contribution in [1.29, 1.82) is 0 Å². The summed E-state index contributed by atoms with van der Waals surface area (Å²) >= 11 is 0. The fraction of sp³-hybridized carbons (Fsp3) is 0.158. The smallest absolute Gasteiger partial charge is 0.124 e. The monoisotopic (exact) mass is 293 g/mol. The van der Waals surface area contributed by atoms with Gasteiger partial charge in [-0.15, -0.1) is 0 Å². The lowest BCUT2D eigenvalue weighted by Crippen LogP contribution is -2.13. The highest BCUT2D eigenvalue weighted by Crippen LogP contribution is 2.34. The van der Waals surface area contributed by atoms with E-state index in [1.807, 2.05) is 36.4 Å². The summed E-state index contributed by atoms with van der Waals surface area (Å²) < 4.78 is 10.8. The van der Waals surface area contributed by atoms with Crippen molar-refractivity contribution < 1.29 is 9.47 Å². The van der Waals surface area contributed by atoms with Crippen LogP contribution >= 0.6 is 0 Å². The molecule has 1 unspecified atom stereocenters. The molecule has 0 aliphatic carbocycles. The Hall–Kier alpha value is -2.52. The van der Waals surface area contributed by atoms with Crippen LogP contribution in [-0.2, 0) is 0 Å². The number of methoxy groups -OCH3 is 2. The number of hydrogen-bond acceptors (Lipinski definition) is 3. The van der Waals surface area contributed by atoms with Gasteiger partial charge in [0.05, 0.1) is 20.3 Å². The third-order valence-corrected chi connectivity index (χ3v) is 3.93. The van der Waals surface area contributed by atoms with Gasteiger partial charge in [-0.2, -0.15) is 0 Å². The molecule has 0 bridgehead atoms. The number of nitrogens with two attached hydrogens (primary N) is 1. The van der Waals surface area contributed by atoms with E-state index in [1.54, 1.807) is 14.2 Å². The van der Waals surface area contributed by atoms with Crippen LogP contribution in [0.3, 0.4) is 0 Å². The lowest BCUT2D eigenvalue weighted by molar-refractivity contribution is 0.397. The van der Waals surface area contributed by atoms with Gasteiger partial charge in [-0.3, -0.25) is 0 Å². The minimum Gasteiger partial charge on any atom is -0.497 e. The van der Waals surface area contributed by atoms with Crippen molar-refractivity contribution >= 4 is 10.8 Å². The molecule has 3 heteroatoms. The number of ether oxygens (including phenoxy) is 2. The Morgan fingerprint density at radius 3 is 2.36 bits per heavy atom. The lowest BCUT2D eigenvalue weighted by Gasteiger charge is -2.19. The van der Waals surface area contributed by atoms with Gasteiger partial charge >= 0.3 is 0 Å². The number of rotatable bonds is 4. The second-order valence-corrected chi connectivity index (χ2v) is 5.15. The SMILES string of the molecule is COc1ccc(OC)c(C(N)c2cccc3ccccc23)c1. The van der Waals surface area contributed by atoms with Crippen LogP contribution in [0.5, 0.6) is 11.5 Å². The number of hydrogen-bond donors (Lipinski definition) is 1. The van der Waals surface area contributed by atoms with Crippen LogP contribution < -0.4 is 15.2 Å². The first-order valence-corrected chi connectivity index (χ1v) is 7.19. The van der Waals surface area contributed by atoms with E-state index in [2.05, 4.69) is 24.3 Å². The van der Waals surface area contributed by atoms with Gasteiger partial charge < -0.3 is 15.2 Å². The summed E-state index contributed by atoms with van der Waals surface area (Å²) in [6.45, 7) is 0. The normalized spacial score (nSPS) is 12.1. The Bertz CT molecular complexity index is 793. The molecule has 2 N–H and O–H groups in total. The largest absolute Gasteiger partial charge is 0.497 e. The third-order valence-electron chi connectivity index (χ3n) is 3.93. The molecule has 0 radical (unpaired) electrons. The predicted molar refractivity (Wildman–Crippen MR) is 89.5 cm³/mol. The highest BCUT2D eigenvalue weighted by atomic mass is 16.5.